The highest BCUT2D eigenvalue weighted by Crippen LogP contribution is 2.22. The zero-order valence-corrected chi connectivity index (χ0v) is 9.59. The van der Waals surface area contributed by atoms with Crippen molar-refractivity contribution >= 4 is 17.7 Å². The van der Waals surface area contributed by atoms with Crippen molar-refractivity contribution in [1.82, 2.24) is 5.32 Å². The van der Waals surface area contributed by atoms with Crippen LogP contribution < -0.4 is 5.32 Å². The van der Waals surface area contributed by atoms with E-state index in [4.69, 9.17) is 0 Å². The molecule has 0 aromatic heterocycles. The number of benzene rings is 1. The normalized spacial score (nSPS) is 11.8. The van der Waals surface area contributed by atoms with Crippen molar-refractivity contribution in [3.8, 4) is 0 Å². The molecule has 1 amide bonds. The van der Waals surface area contributed by atoms with Gasteiger partial charge in [0.1, 0.15) is 0 Å². The molecule has 0 saturated carbocycles. The average Bonchev–Trinajstić information content (AvgIpc) is 2.27. The molecule has 15 heavy (non-hydrogen) atoms. The van der Waals surface area contributed by atoms with Gasteiger partial charge in [0.25, 0.3) is 0 Å². The quantitative estimate of drug-likeness (QED) is 0.611. The Kier molecular flexibility index (Phi) is 4.98. The summed E-state index contributed by atoms with van der Waals surface area (Å²) in [4.78, 5) is 12.6. The molecule has 0 heterocycles. The van der Waals surface area contributed by atoms with Gasteiger partial charge in [-0.15, -0.1) is 18.3 Å². The Bertz CT molecular complexity index is 324. The van der Waals surface area contributed by atoms with E-state index in [1.54, 1.807) is 17.8 Å². The highest BCUT2D eigenvalue weighted by Gasteiger charge is 2.12. The van der Waals surface area contributed by atoms with Crippen LogP contribution in [0.2, 0.25) is 0 Å². The molecule has 0 bridgehead atoms. The monoisotopic (exact) mass is 221 g/mol. The van der Waals surface area contributed by atoms with Crippen molar-refractivity contribution in [2.24, 2.45) is 0 Å². The molecule has 1 aromatic carbocycles. The molecule has 0 fully saturated rings. The molecule has 0 spiro atoms. The van der Waals surface area contributed by atoms with Crippen molar-refractivity contribution in [2.45, 2.75) is 17.1 Å². The lowest BCUT2D eigenvalue weighted by atomic mass is 10.4. The van der Waals surface area contributed by atoms with Crippen LogP contribution in [0.1, 0.15) is 6.92 Å². The summed E-state index contributed by atoms with van der Waals surface area (Å²) in [6.45, 7) is 5.98. The summed E-state index contributed by atoms with van der Waals surface area (Å²) < 4.78 is 0. The molecule has 1 rings (SSSR count). The number of carbonyl (C=O) groups excluding carboxylic acids is 1. The Morgan fingerprint density at radius 2 is 2.20 bits per heavy atom. The zero-order chi connectivity index (χ0) is 11.1. The number of hydrogen-bond acceptors (Lipinski definition) is 2. The van der Waals surface area contributed by atoms with Crippen molar-refractivity contribution in [1.29, 1.82) is 0 Å². The van der Waals surface area contributed by atoms with Crippen LogP contribution in [0.3, 0.4) is 0 Å². The van der Waals surface area contributed by atoms with Gasteiger partial charge >= 0.3 is 0 Å². The molecular weight excluding hydrogens is 206 g/mol. The molecule has 0 saturated heterocycles. The van der Waals surface area contributed by atoms with Crippen LogP contribution in [0, 0.1) is 0 Å². The first kappa shape index (κ1) is 11.9. The Morgan fingerprint density at radius 3 is 2.80 bits per heavy atom. The lowest BCUT2D eigenvalue weighted by Gasteiger charge is -2.10. The summed E-state index contributed by atoms with van der Waals surface area (Å²) >= 11 is 1.56. The second-order valence-corrected chi connectivity index (χ2v) is 4.52. The first-order valence-electron chi connectivity index (χ1n) is 4.84. The summed E-state index contributed by atoms with van der Waals surface area (Å²) in [7, 11) is 0. The minimum Gasteiger partial charge on any atom is -0.352 e. The van der Waals surface area contributed by atoms with Gasteiger partial charge in [0.15, 0.2) is 0 Å². The van der Waals surface area contributed by atoms with Crippen LogP contribution >= 0.6 is 11.8 Å². The number of carbonyl (C=O) groups is 1. The van der Waals surface area contributed by atoms with Gasteiger partial charge in [0, 0.05) is 11.4 Å². The third-order valence-electron chi connectivity index (χ3n) is 1.85. The number of thioether (sulfide) groups is 1. The molecular formula is C12H15NOS. The van der Waals surface area contributed by atoms with Gasteiger partial charge in [0.05, 0.1) is 5.25 Å². The minimum atomic E-state index is -0.0765. The summed E-state index contributed by atoms with van der Waals surface area (Å²) in [5.41, 5.74) is 0. The fourth-order valence-electron chi connectivity index (χ4n) is 1.07. The van der Waals surface area contributed by atoms with E-state index < -0.39 is 0 Å². The van der Waals surface area contributed by atoms with Crippen molar-refractivity contribution in [3.05, 3.63) is 43.0 Å². The van der Waals surface area contributed by atoms with Crippen LogP contribution in [-0.4, -0.2) is 17.7 Å². The fraction of sp³-hybridized carbons (Fsp3) is 0.250. The van der Waals surface area contributed by atoms with E-state index in [0.717, 1.165) is 4.90 Å². The van der Waals surface area contributed by atoms with E-state index >= 15 is 0 Å². The van der Waals surface area contributed by atoms with E-state index in [1.165, 1.54) is 0 Å². The molecule has 2 nitrogen and oxygen atoms in total. The molecule has 1 aromatic rings. The van der Waals surface area contributed by atoms with E-state index in [-0.39, 0.29) is 11.2 Å². The SMILES string of the molecule is C=CCNC(=O)[C@@H](C)Sc1ccccc1. The van der Waals surface area contributed by atoms with Gasteiger partial charge in [-0.25, -0.2) is 0 Å². The topological polar surface area (TPSA) is 29.1 Å². The molecule has 1 atom stereocenters. The van der Waals surface area contributed by atoms with Gasteiger partial charge in [-0.1, -0.05) is 24.3 Å². The summed E-state index contributed by atoms with van der Waals surface area (Å²) in [5.74, 6) is 0.0451. The Morgan fingerprint density at radius 1 is 1.53 bits per heavy atom. The van der Waals surface area contributed by atoms with E-state index in [9.17, 15) is 4.79 Å². The second kappa shape index (κ2) is 6.30. The maximum absolute atomic E-state index is 11.5. The molecule has 0 aliphatic rings. The summed E-state index contributed by atoms with van der Waals surface area (Å²) in [6, 6.07) is 9.91. The molecule has 80 valence electrons. The highest BCUT2D eigenvalue weighted by atomic mass is 32.2. The van der Waals surface area contributed by atoms with Gasteiger partial charge in [-0.2, -0.15) is 0 Å². The van der Waals surface area contributed by atoms with Crippen LogP contribution in [-0.2, 0) is 4.79 Å². The molecule has 1 N–H and O–H groups in total. The average molecular weight is 221 g/mol. The van der Waals surface area contributed by atoms with Crippen molar-refractivity contribution < 1.29 is 4.79 Å². The Labute approximate surface area is 94.8 Å². The molecule has 0 aliphatic carbocycles. The minimum absolute atomic E-state index is 0.0451. The molecule has 0 unspecified atom stereocenters. The number of rotatable bonds is 5. The molecule has 0 radical (unpaired) electrons. The fourth-order valence-corrected chi connectivity index (χ4v) is 1.99. The van der Waals surface area contributed by atoms with E-state index in [0.29, 0.717) is 6.54 Å². The van der Waals surface area contributed by atoms with Crippen LogP contribution in [0.4, 0.5) is 0 Å². The van der Waals surface area contributed by atoms with Crippen LogP contribution in [0.15, 0.2) is 47.9 Å². The smallest absolute Gasteiger partial charge is 0.233 e. The highest BCUT2D eigenvalue weighted by molar-refractivity contribution is 8.00. The number of nitrogens with one attached hydrogen (secondary N) is 1. The predicted octanol–water partition coefficient (Wildman–Crippen LogP) is 2.47. The standard InChI is InChI=1S/C12H15NOS/c1-3-9-13-12(14)10(2)15-11-7-5-4-6-8-11/h3-8,10H,1,9H2,2H3,(H,13,14)/t10-/m1/s1. The van der Waals surface area contributed by atoms with E-state index in [1.807, 2.05) is 37.3 Å². The Hall–Kier alpha value is -1.22. The molecule has 0 aliphatic heterocycles. The van der Waals surface area contributed by atoms with E-state index in [2.05, 4.69) is 11.9 Å². The predicted molar refractivity (Wildman–Crippen MR) is 65.0 cm³/mol. The number of hydrogen-bond donors (Lipinski definition) is 1. The van der Waals surface area contributed by atoms with Gasteiger partial charge < -0.3 is 5.32 Å². The van der Waals surface area contributed by atoms with Gasteiger partial charge in [0.2, 0.25) is 5.91 Å². The summed E-state index contributed by atoms with van der Waals surface area (Å²) in [5, 5.41) is 2.70. The number of amides is 1. The first-order chi connectivity index (χ1) is 7.24. The molecule has 3 heteroatoms. The lowest BCUT2D eigenvalue weighted by molar-refractivity contribution is -0.120. The third-order valence-corrected chi connectivity index (χ3v) is 2.96. The van der Waals surface area contributed by atoms with Crippen LogP contribution in [0.5, 0.6) is 0 Å². The van der Waals surface area contributed by atoms with Gasteiger partial charge in [-0.05, 0) is 19.1 Å². The maximum atomic E-state index is 11.5. The first-order valence-corrected chi connectivity index (χ1v) is 5.72. The third kappa shape index (κ3) is 4.21. The maximum Gasteiger partial charge on any atom is 0.233 e. The lowest BCUT2D eigenvalue weighted by Crippen LogP contribution is -2.30. The zero-order valence-electron chi connectivity index (χ0n) is 8.77. The second-order valence-electron chi connectivity index (χ2n) is 3.11. The Balaban J connectivity index is 2.45. The van der Waals surface area contributed by atoms with Crippen LogP contribution in [0.25, 0.3) is 0 Å². The van der Waals surface area contributed by atoms with Crippen molar-refractivity contribution in [3.63, 3.8) is 0 Å². The van der Waals surface area contributed by atoms with Crippen molar-refractivity contribution in [2.75, 3.05) is 6.54 Å². The largest absolute Gasteiger partial charge is 0.352 e. The van der Waals surface area contributed by atoms with Gasteiger partial charge in [-0.3, -0.25) is 4.79 Å². The summed E-state index contributed by atoms with van der Waals surface area (Å²) in [6.07, 6.45) is 1.68.